The molecule has 1 saturated heterocycles. The largest absolute Gasteiger partial charge is 0.342 e. The first-order chi connectivity index (χ1) is 8.74. The highest BCUT2D eigenvalue weighted by Gasteiger charge is 2.42. The number of rotatable bonds is 3. The van der Waals surface area contributed by atoms with Gasteiger partial charge in [0.05, 0.1) is 12.2 Å². The maximum absolute atomic E-state index is 12.2. The molecular formula is C12H14N4O2. The SMILES string of the molecule is O=C1CN(Cc2ccncn2)C(=O)C(C2CC2)N1. The van der Waals surface area contributed by atoms with Crippen LogP contribution in [0.5, 0.6) is 0 Å². The molecule has 2 heterocycles. The Morgan fingerprint density at radius 3 is 2.89 bits per heavy atom. The van der Waals surface area contributed by atoms with Crippen molar-refractivity contribution in [3.63, 3.8) is 0 Å². The summed E-state index contributed by atoms with van der Waals surface area (Å²) in [4.78, 5) is 33.3. The van der Waals surface area contributed by atoms with Gasteiger partial charge in [-0.05, 0) is 24.8 Å². The standard InChI is InChI=1S/C12H14N4O2/c17-10-6-16(5-9-3-4-13-7-14-9)12(18)11(15-10)8-1-2-8/h3-4,7-8,11H,1-2,5-6H2,(H,15,17). The van der Waals surface area contributed by atoms with Crippen LogP contribution in [0.4, 0.5) is 0 Å². The van der Waals surface area contributed by atoms with Crippen molar-refractivity contribution in [3.8, 4) is 0 Å². The predicted molar refractivity (Wildman–Crippen MR) is 62.1 cm³/mol. The minimum absolute atomic E-state index is 0.00992. The molecule has 0 aromatic carbocycles. The van der Waals surface area contributed by atoms with Crippen LogP contribution >= 0.6 is 0 Å². The van der Waals surface area contributed by atoms with Crippen molar-refractivity contribution in [2.75, 3.05) is 6.54 Å². The molecule has 1 aliphatic carbocycles. The van der Waals surface area contributed by atoms with Gasteiger partial charge < -0.3 is 10.2 Å². The number of carbonyl (C=O) groups is 2. The van der Waals surface area contributed by atoms with Crippen LogP contribution in [0.1, 0.15) is 18.5 Å². The van der Waals surface area contributed by atoms with Gasteiger partial charge in [0.15, 0.2) is 0 Å². The van der Waals surface area contributed by atoms with Crippen molar-refractivity contribution in [2.24, 2.45) is 5.92 Å². The Balaban J connectivity index is 1.74. The minimum Gasteiger partial charge on any atom is -0.342 e. The molecule has 1 aliphatic heterocycles. The highest BCUT2D eigenvalue weighted by atomic mass is 16.2. The third kappa shape index (κ3) is 2.18. The number of aromatic nitrogens is 2. The molecule has 94 valence electrons. The zero-order valence-corrected chi connectivity index (χ0v) is 9.87. The lowest BCUT2D eigenvalue weighted by Crippen LogP contribution is -2.58. The Morgan fingerprint density at radius 2 is 2.22 bits per heavy atom. The van der Waals surface area contributed by atoms with Crippen LogP contribution in [-0.2, 0) is 16.1 Å². The van der Waals surface area contributed by atoms with Crippen LogP contribution < -0.4 is 5.32 Å². The molecule has 2 amide bonds. The molecule has 1 N–H and O–H groups in total. The molecule has 1 saturated carbocycles. The predicted octanol–water partition coefficient (Wildman–Crippen LogP) is -0.286. The fraction of sp³-hybridized carbons (Fsp3) is 0.500. The number of carbonyl (C=O) groups excluding carboxylic acids is 2. The van der Waals surface area contributed by atoms with Gasteiger partial charge in [0.1, 0.15) is 18.9 Å². The first kappa shape index (κ1) is 11.1. The van der Waals surface area contributed by atoms with E-state index >= 15 is 0 Å². The molecule has 1 aromatic heterocycles. The molecule has 6 nitrogen and oxygen atoms in total. The lowest BCUT2D eigenvalue weighted by Gasteiger charge is -2.32. The van der Waals surface area contributed by atoms with Crippen LogP contribution in [0.15, 0.2) is 18.6 Å². The Bertz CT molecular complexity index is 472. The van der Waals surface area contributed by atoms with Crippen LogP contribution in [0.25, 0.3) is 0 Å². The summed E-state index contributed by atoms with van der Waals surface area (Å²) in [5.74, 6) is 0.255. The Hall–Kier alpha value is -1.98. The summed E-state index contributed by atoms with van der Waals surface area (Å²) in [6, 6.07) is 1.43. The second-order valence-electron chi connectivity index (χ2n) is 4.78. The van der Waals surface area contributed by atoms with E-state index in [-0.39, 0.29) is 24.4 Å². The maximum atomic E-state index is 12.2. The molecule has 3 rings (SSSR count). The highest BCUT2D eigenvalue weighted by Crippen LogP contribution is 2.34. The molecule has 0 spiro atoms. The van der Waals surface area contributed by atoms with Gasteiger partial charge in [0.25, 0.3) is 0 Å². The van der Waals surface area contributed by atoms with E-state index in [1.54, 1.807) is 17.2 Å². The van der Waals surface area contributed by atoms with E-state index in [0.29, 0.717) is 12.5 Å². The molecule has 1 aromatic rings. The zero-order chi connectivity index (χ0) is 12.5. The van der Waals surface area contributed by atoms with Crippen molar-refractivity contribution in [1.82, 2.24) is 20.2 Å². The molecule has 6 heteroatoms. The van der Waals surface area contributed by atoms with Gasteiger partial charge in [-0.1, -0.05) is 0 Å². The maximum Gasteiger partial charge on any atom is 0.246 e. The Morgan fingerprint density at radius 1 is 1.39 bits per heavy atom. The first-order valence-corrected chi connectivity index (χ1v) is 6.07. The smallest absolute Gasteiger partial charge is 0.246 e. The number of piperazine rings is 1. The summed E-state index contributed by atoms with van der Waals surface area (Å²) in [7, 11) is 0. The quantitative estimate of drug-likeness (QED) is 0.795. The highest BCUT2D eigenvalue weighted by molar-refractivity contribution is 5.95. The fourth-order valence-electron chi connectivity index (χ4n) is 2.22. The normalized spacial score (nSPS) is 24.0. The second-order valence-corrected chi connectivity index (χ2v) is 4.78. The number of hydrogen-bond donors (Lipinski definition) is 1. The molecule has 0 bridgehead atoms. The van der Waals surface area contributed by atoms with Gasteiger partial charge in [-0.3, -0.25) is 9.59 Å². The van der Waals surface area contributed by atoms with E-state index in [9.17, 15) is 9.59 Å². The van der Waals surface area contributed by atoms with Crippen molar-refractivity contribution in [2.45, 2.75) is 25.4 Å². The summed E-state index contributed by atoms with van der Waals surface area (Å²) in [6.45, 7) is 0.490. The third-order valence-corrected chi connectivity index (χ3v) is 3.32. The minimum atomic E-state index is -0.326. The van der Waals surface area contributed by atoms with E-state index in [2.05, 4.69) is 15.3 Å². The lowest BCUT2D eigenvalue weighted by atomic mass is 10.1. The molecule has 1 unspecified atom stereocenters. The number of nitrogens with zero attached hydrogens (tertiary/aromatic N) is 3. The van der Waals surface area contributed by atoms with Gasteiger partial charge in [-0.25, -0.2) is 9.97 Å². The summed E-state index contributed by atoms with van der Waals surface area (Å²) in [6.07, 6.45) is 5.13. The second kappa shape index (κ2) is 4.36. The average Bonchev–Trinajstić information content (AvgIpc) is 3.19. The van der Waals surface area contributed by atoms with Gasteiger partial charge in [0, 0.05) is 6.20 Å². The molecule has 2 aliphatic rings. The first-order valence-electron chi connectivity index (χ1n) is 6.07. The molecule has 2 fully saturated rings. The van der Waals surface area contributed by atoms with Gasteiger partial charge in [-0.2, -0.15) is 0 Å². The van der Waals surface area contributed by atoms with Crippen molar-refractivity contribution >= 4 is 11.8 Å². The monoisotopic (exact) mass is 246 g/mol. The van der Waals surface area contributed by atoms with Crippen LogP contribution in [0.2, 0.25) is 0 Å². The van der Waals surface area contributed by atoms with Crippen molar-refractivity contribution in [1.29, 1.82) is 0 Å². The zero-order valence-electron chi connectivity index (χ0n) is 9.87. The summed E-state index contributed by atoms with van der Waals surface area (Å²) in [5, 5.41) is 2.78. The van der Waals surface area contributed by atoms with E-state index in [1.165, 1.54) is 6.33 Å². The molecular weight excluding hydrogens is 232 g/mol. The van der Waals surface area contributed by atoms with Gasteiger partial charge in [-0.15, -0.1) is 0 Å². The number of nitrogens with one attached hydrogen (secondary N) is 1. The van der Waals surface area contributed by atoms with Crippen molar-refractivity contribution in [3.05, 3.63) is 24.3 Å². The lowest BCUT2D eigenvalue weighted by molar-refractivity contribution is -0.145. The number of amides is 2. The molecule has 1 atom stereocenters. The van der Waals surface area contributed by atoms with Gasteiger partial charge >= 0.3 is 0 Å². The average molecular weight is 246 g/mol. The summed E-state index contributed by atoms with van der Waals surface area (Å²) >= 11 is 0. The van der Waals surface area contributed by atoms with E-state index < -0.39 is 0 Å². The third-order valence-electron chi connectivity index (χ3n) is 3.32. The van der Waals surface area contributed by atoms with Crippen molar-refractivity contribution < 1.29 is 9.59 Å². The topological polar surface area (TPSA) is 75.2 Å². The van der Waals surface area contributed by atoms with Gasteiger partial charge in [0.2, 0.25) is 11.8 Å². The molecule has 18 heavy (non-hydrogen) atoms. The fourth-order valence-corrected chi connectivity index (χ4v) is 2.22. The number of hydrogen-bond acceptors (Lipinski definition) is 4. The van der Waals surface area contributed by atoms with Crippen LogP contribution in [0, 0.1) is 5.92 Å². The Kier molecular flexibility index (Phi) is 2.70. The van der Waals surface area contributed by atoms with Crippen LogP contribution in [-0.4, -0.2) is 39.3 Å². The molecule has 0 radical (unpaired) electrons. The van der Waals surface area contributed by atoms with E-state index in [0.717, 1.165) is 18.5 Å². The van der Waals surface area contributed by atoms with E-state index in [1.807, 2.05) is 0 Å². The summed E-state index contributed by atoms with van der Waals surface area (Å²) < 4.78 is 0. The van der Waals surface area contributed by atoms with Crippen LogP contribution in [0.3, 0.4) is 0 Å². The summed E-state index contributed by atoms with van der Waals surface area (Å²) in [5.41, 5.74) is 0.752. The Labute approximate surface area is 104 Å². The van der Waals surface area contributed by atoms with E-state index in [4.69, 9.17) is 0 Å².